The number of hydrogen-bond acceptors (Lipinski definition) is 2. The van der Waals surface area contributed by atoms with E-state index in [1.165, 1.54) is 25.7 Å². The normalized spacial score (nSPS) is 17.0. The third-order valence-electron chi connectivity index (χ3n) is 3.42. The molecule has 90 valence electrons. The quantitative estimate of drug-likeness (QED) is 0.897. The lowest BCUT2D eigenvalue weighted by Crippen LogP contribution is -2.23. The molecule has 1 aromatic rings. The number of nitrogens with zero attached hydrogens (tertiary/aromatic N) is 1. The molecule has 1 fully saturated rings. The molecule has 1 aliphatic rings. The maximum absolute atomic E-state index is 9.08. The fourth-order valence-corrected chi connectivity index (χ4v) is 2.65. The van der Waals surface area contributed by atoms with Crippen LogP contribution in [0.1, 0.15) is 38.2 Å². The monoisotopic (exact) mass is 292 g/mol. The van der Waals surface area contributed by atoms with Crippen LogP contribution in [0.3, 0.4) is 0 Å². The van der Waals surface area contributed by atoms with Gasteiger partial charge < -0.3 is 5.32 Å². The van der Waals surface area contributed by atoms with Gasteiger partial charge in [-0.25, -0.2) is 0 Å². The molecule has 1 unspecified atom stereocenters. The van der Waals surface area contributed by atoms with Crippen molar-refractivity contribution in [2.24, 2.45) is 5.92 Å². The van der Waals surface area contributed by atoms with E-state index in [-0.39, 0.29) is 0 Å². The fraction of sp³-hybridized carbons (Fsp3) is 0.500. The van der Waals surface area contributed by atoms with Gasteiger partial charge in [-0.2, -0.15) is 5.26 Å². The van der Waals surface area contributed by atoms with E-state index in [4.69, 9.17) is 5.26 Å². The van der Waals surface area contributed by atoms with Gasteiger partial charge in [-0.3, -0.25) is 0 Å². The minimum atomic E-state index is 0.438. The number of nitriles is 1. The van der Waals surface area contributed by atoms with E-state index in [2.05, 4.69) is 34.2 Å². The number of benzene rings is 1. The van der Waals surface area contributed by atoms with Crippen molar-refractivity contribution in [3.8, 4) is 6.07 Å². The van der Waals surface area contributed by atoms with Gasteiger partial charge in [-0.05, 0) is 37.5 Å². The van der Waals surface area contributed by atoms with Gasteiger partial charge in [0.05, 0.1) is 11.3 Å². The van der Waals surface area contributed by atoms with Crippen LogP contribution in [0.25, 0.3) is 0 Å². The van der Waals surface area contributed by atoms with Crippen molar-refractivity contribution >= 4 is 21.6 Å². The van der Waals surface area contributed by atoms with Crippen LogP contribution >= 0.6 is 15.9 Å². The van der Waals surface area contributed by atoms with Crippen molar-refractivity contribution in [3.05, 3.63) is 28.2 Å². The summed E-state index contributed by atoms with van der Waals surface area (Å²) in [6.45, 7) is 2.20. The van der Waals surface area contributed by atoms with Gasteiger partial charge in [0.25, 0.3) is 0 Å². The van der Waals surface area contributed by atoms with E-state index >= 15 is 0 Å². The zero-order valence-corrected chi connectivity index (χ0v) is 11.6. The van der Waals surface area contributed by atoms with Crippen LogP contribution in [0.2, 0.25) is 0 Å². The number of anilines is 1. The highest BCUT2D eigenvalue weighted by atomic mass is 79.9. The van der Waals surface area contributed by atoms with Crippen molar-refractivity contribution in [2.45, 2.75) is 38.6 Å². The zero-order valence-electron chi connectivity index (χ0n) is 10.0. The maximum Gasteiger partial charge on any atom is 0.101 e. The summed E-state index contributed by atoms with van der Waals surface area (Å²) in [7, 11) is 0. The first kappa shape index (κ1) is 12.4. The summed E-state index contributed by atoms with van der Waals surface area (Å²) >= 11 is 3.39. The lowest BCUT2D eigenvalue weighted by Gasteiger charge is -2.29. The summed E-state index contributed by atoms with van der Waals surface area (Å²) < 4.78 is 0.950. The molecular weight excluding hydrogens is 276 g/mol. The standard InChI is InChI=1S/C14H17BrN2/c1-10(7-11-3-2-4-11)17-14-6-5-13(15)8-12(14)9-16/h5-6,8,10-11,17H,2-4,7H2,1H3. The summed E-state index contributed by atoms with van der Waals surface area (Å²) in [5.74, 6) is 0.887. The molecule has 0 aliphatic heterocycles. The number of halogens is 1. The van der Waals surface area contributed by atoms with Crippen molar-refractivity contribution in [3.63, 3.8) is 0 Å². The molecule has 0 spiro atoms. The van der Waals surface area contributed by atoms with Crippen molar-refractivity contribution in [1.82, 2.24) is 0 Å². The van der Waals surface area contributed by atoms with Crippen LogP contribution in [-0.4, -0.2) is 6.04 Å². The molecule has 0 amide bonds. The molecule has 0 heterocycles. The van der Waals surface area contributed by atoms with Crippen LogP contribution in [0.15, 0.2) is 22.7 Å². The molecule has 0 radical (unpaired) electrons. The lowest BCUT2D eigenvalue weighted by atomic mass is 9.81. The smallest absolute Gasteiger partial charge is 0.101 e. The Hall–Kier alpha value is -1.01. The average molecular weight is 293 g/mol. The minimum absolute atomic E-state index is 0.438. The van der Waals surface area contributed by atoms with Crippen LogP contribution in [0, 0.1) is 17.2 Å². The van der Waals surface area contributed by atoms with Gasteiger partial charge in [0.15, 0.2) is 0 Å². The van der Waals surface area contributed by atoms with Crippen molar-refractivity contribution in [2.75, 3.05) is 5.32 Å². The molecule has 1 atom stereocenters. The maximum atomic E-state index is 9.08. The van der Waals surface area contributed by atoms with Gasteiger partial charge in [0.1, 0.15) is 6.07 Å². The van der Waals surface area contributed by atoms with Crippen LogP contribution in [-0.2, 0) is 0 Å². The molecule has 1 aromatic carbocycles. The number of hydrogen-bond donors (Lipinski definition) is 1. The molecule has 1 N–H and O–H groups in total. The van der Waals surface area contributed by atoms with Crippen LogP contribution < -0.4 is 5.32 Å². The Morgan fingerprint density at radius 3 is 2.88 bits per heavy atom. The molecule has 17 heavy (non-hydrogen) atoms. The summed E-state index contributed by atoms with van der Waals surface area (Å²) in [5, 5.41) is 12.5. The molecule has 2 nitrogen and oxygen atoms in total. The highest BCUT2D eigenvalue weighted by Gasteiger charge is 2.20. The van der Waals surface area contributed by atoms with Crippen LogP contribution in [0.5, 0.6) is 0 Å². The first-order valence-electron chi connectivity index (χ1n) is 6.15. The molecule has 3 heteroatoms. The number of nitrogens with one attached hydrogen (secondary N) is 1. The molecule has 1 saturated carbocycles. The second-order valence-corrected chi connectivity index (χ2v) is 5.80. The Kier molecular flexibility index (Phi) is 4.06. The predicted octanol–water partition coefficient (Wildman–Crippen LogP) is 4.31. The first-order chi connectivity index (χ1) is 8.19. The Labute approximate surface area is 111 Å². The number of rotatable bonds is 4. The summed E-state index contributed by atoms with van der Waals surface area (Å²) in [4.78, 5) is 0. The van der Waals surface area contributed by atoms with E-state index in [0.717, 1.165) is 16.1 Å². The highest BCUT2D eigenvalue weighted by molar-refractivity contribution is 9.10. The fourth-order valence-electron chi connectivity index (χ4n) is 2.29. The largest absolute Gasteiger partial charge is 0.382 e. The van der Waals surface area contributed by atoms with Crippen molar-refractivity contribution in [1.29, 1.82) is 5.26 Å². The molecular formula is C14H17BrN2. The van der Waals surface area contributed by atoms with Gasteiger partial charge in [0.2, 0.25) is 0 Å². The SMILES string of the molecule is CC(CC1CCC1)Nc1ccc(Br)cc1C#N. The van der Waals surface area contributed by atoms with Gasteiger partial charge in [-0.15, -0.1) is 0 Å². The van der Waals surface area contributed by atoms with Gasteiger partial charge in [-0.1, -0.05) is 35.2 Å². The van der Waals surface area contributed by atoms with Crippen LogP contribution in [0.4, 0.5) is 5.69 Å². The third kappa shape index (κ3) is 3.23. The predicted molar refractivity (Wildman–Crippen MR) is 73.9 cm³/mol. The molecule has 0 bridgehead atoms. The molecule has 1 aliphatic carbocycles. The van der Waals surface area contributed by atoms with Crippen molar-refractivity contribution < 1.29 is 0 Å². The first-order valence-corrected chi connectivity index (χ1v) is 6.94. The van der Waals surface area contributed by atoms with Gasteiger partial charge in [0, 0.05) is 10.5 Å². The Morgan fingerprint density at radius 1 is 1.53 bits per heavy atom. The lowest BCUT2D eigenvalue weighted by molar-refractivity contribution is 0.286. The summed E-state index contributed by atoms with van der Waals surface area (Å²) in [5.41, 5.74) is 1.65. The molecule has 2 rings (SSSR count). The third-order valence-corrected chi connectivity index (χ3v) is 3.91. The molecule has 0 aromatic heterocycles. The Balaban J connectivity index is 1.99. The van der Waals surface area contributed by atoms with E-state index in [0.29, 0.717) is 11.6 Å². The van der Waals surface area contributed by atoms with E-state index in [1.807, 2.05) is 18.2 Å². The molecule has 0 saturated heterocycles. The second-order valence-electron chi connectivity index (χ2n) is 4.88. The average Bonchev–Trinajstić information content (AvgIpc) is 2.26. The van der Waals surface area contributed by atoms with E-state index in [9.17, 15) is 0 Å². The summed E-state index contributed by atoms with van der Waals surface area (Å²) in [6, 6.07) is 8.47. The zero-order chi connectivity index (χ0) is 12.3. The summed E-state index contributed by atoms with van der Waals surface area (Å²) in [6.07, 6.45) is 5.34. The van der Waals surface area contributed by atoms with E-state index in [1.54, 1.807) is 0 Å². The van der Waals surface area contributed by atoms with Gasteiger partial charge >= 0.3 is 0 Å². The highest BCUT2D eigenvalue weighted by Crippen LogP contribution is 2.31. The second kappa shape index (κ2) is 5.55. The van der Waals surface area contributed by atoms with E-state index < -0.39 is 0 Å². The Bertz CT molecular complexity index is 432. The minimum Gasteiger partial charge on any atom is -0.382 e. The Morgan fingerprint density at radius 2 is 2.29 bits per heavy atom. The topological polar surface area (TPSA) is 35.8 Å².